The van der Waals surface area contributed by atoms with Gasteiger partial charge in [-0.25, -0.2) is 4.98 Å². The number of halogens is 1. The Balaban J connectivity index is 2.63. The lowest BCUT2D eigenvalue weighted by Gasteiger charge is -2.13. The van der Waals surface area contributed by atoms with E-state index < -0.39 is 0 Å². The Morgan fingerprint density at radius 2 is 2.00 bits per heavy atom. The van der Waals surface area contributed by atoms with Crippen LogP contribution in [0.1, 0.15) is 25.8 Å². The van der Waals surface area contributed by atoms with Crippen LogP contribution in [0.2, 0.25) is 0 Å². The number of fused-ring (bicyclic) bond motifs is 1. The van der Waals surface area contributed by atoms with E-state index >= 15 is 0 Å². The monoisotopic (exact) mass is 317 g/mol. The lowest BCUT2D eigenvalue weighted by molar-refractivity contribution is 0.587. The maximum Gasteiger partial charge on any atom is 0.0992 e. The molecular formula is C11H12INS. The highest BCUT2D eigenvalue weighted by Crippen LogP contribution is 2.31. The maximum atomic E-state index is 4.66. The zero-order valence-electron chi connectivity index (χ0n) is 8.47. The number of nitrogens with zero attached hydrogens (tertiary/aromatic N) is 1. The Kier molecular flexibility index (Phi) is 2.55. The fourth-order valence-corrected chi connectivity index (χ4v) is 2.70. The molecule has 0 N–H and O–H groups in total. The quantitative estimate of drug-likeness (QED) is 0.664. The van der Waals surface area contributed by atoms with Crippen LogP contribution in [0.4, 0.5) is 0 Å². The average Bonchev–Trinajstić information content (AvgIpc) is 2.45. The van der Waals surface area contributed by atoms with Crippen LogP contribution in [0.25, 0.3) is 10.2 Å². The molecule has 0 bridgehead atoms. The van der Waals surface area contributed by atoms with Gasteiger partial charge in [0.1, 0.15) is 0 Å². The van der Waals surface area contributed by atoms with E-state index in [1.165, 1.54) is 13.3 Å². The van der Waals surface area contributed by atoms with Gasteiger partial charge in [0.2, 0.25) is 0 Å². The highest BCUT2D eigenvalue weighted by molar-refractivity contribution is 14.1. The lowest BCUT2D eigenvalue weighted by Crippen LogP contribution is -2.09. The average molecular weight is 317 g/mol. The lowest BCUT2D eigenvalue weighted by atomic mass is 9.98. The Morgan fingerprint density at radius 1 is 1.29 bits per heavy atom. The van der Waals surface area contributed by atoms with Crippen LogP contribution in [0, 0.1) is 3.57 Å². The molecule has 0 amide bonds. The maximum absolute atomic E-state index is 4.66. The van der Waals surface area contributed by atoms with Gasteiger partial charge in [-0.1, -0.05) is 20.8 Å². The van der Waals surface area contributed by atoms with Crippen LogP contribution in [0.3, 0.4) is 0 Å². The number of hydrogen-bond acceptors (Lipinski definition) is 2. The van der Waals surface area contributed by atoms with E-state index in [9.17, 15) is 0 Å². The smallest absolute Gasteiger partial charge is 0.0992 e. The summed E-state index contributed by atoms with van der Waals surface area (Å²) in [5, 5.41) is 1.22. The van der Waals surface area contributed by atoms with E-state index in [4.69, 9.17) is 0 Å². The number of rotatable bonds is 0. The van der Waals surface area contributed by atoms with E-state index in [1.54, 1.807) is 11.3 Å². The highest BCUT2D eigenvalue weighted by atomic mass is 127. The highest BCUT2D eigenvalue weighted by Gasteiger charge is 2.18. The normalized spacial score (nSPS) is 12.3. The van der Waals surface area contributed by atoms with Gasteiger partial charge in [-0.3, -0.25) is 0 Å². The predicted octanol–water partition coefficient (Wildman–Crippen LogP) is 4.20. The van der Waals surface area contributed by atoms with Gasteiger partial charge in [0, 0.05) is 8.99 Å². The van der Waals surface area contributed by atoms with Crippen LogP contribution >= 0.6 is 33.9 Å². The molecule has 0 saturated carbocycles. The molecule has 1 aromatic heterocycles. The number of hydrogen-bond donors (Lipinski definition) is 0. The van der Waals surface area contributed by atoms with E-state index in [0.717, 1.165) is 5.52 Å². The first-order valence-corrected chi connectivity index (χ1v) is 6.43. The second-order valence-corrected chi connectivity index (χ2v) is 6.66. The molecule has 2 rings (SSSR count). The molecule has 0 atom stereocenters. The number of benzene rings is 1. The van der Waals surface area contributed by atoms with Gasteiger partial charge in [-0.05, 0) is 40.8 Å². The standard InChI is InChI=1S/C11H12INS/c1-11(2,3)10-13-8-6-7(12)4-5-9(8)14-10/h4-6H,1-3H3. The van der Waals surface area contributed by atoms with Gasteiger partial charge < -0.3 is 0 Å². The van der Waals surface area contributed by atoms with Gasteiger partial charge in [-0.2, -0.15) is 0 Å². The molecule has 2 aromatic rings. The molecule has 0 aliphatic carbocycles. The minimum atomic E-state index is 0.162. The minimum Gasteiger partial charge on any atom is -0.241 e. The molecule has 0 aliphatic heterocycles. The summed E-state index contributed by atoms with van der Waals surface area (Å²) in [5.41, 5.74) is 1.29. The van der Waals surface area contributed by atoms with Crippen molar-refractivity contribution in [3.63, 3.8) is 0 Å². The fraction of sp³-hybridized carbons (Fsp3) is 0.364. The van der Waals surface area contributed by atoms with Gasteiger partial charge in [0.15, 0.2) is 0 Å². The van der Waals surface area contributed by atoms with Crippen molar-refractivity contribution >= 4 is 44.1 Å². The van der Waals surface area contributed by atoms with Crippen molar-refractivity contribution in [2.75, 3.05) is 0 Å². The molecule has 1 aromatic carbocycles. The first-order valence-electron chi connectivity index (χ1n) is 4.53. The molecule has 0 saturated heterocycles. The predicted molar refractivity (Wildman–Crippen MR) is 71.0 cm³/mol. The van der Waals surface area contributed by atoms with Crippen LogP contribution in [0.15, 0.2) is 18.2 Å². The van der Waals surface area contributed by atoms with Crippen molar-refractivity contribution in [1.82, 2.24) is 4.98 Å². The topological polar surface area (TPSA) is 12.9 Å². The van der Waals surface area contributed by atoms with Crippen molar-refractivity contribution in [2.45, 2.75) is 26.2 Å². The number of aromatic nitrogens is 1. The summed E-state index contributed by atoms with van der Waals surface area (Å²) in [4.78, 5) is 4.66. The van der Waals surface area contributed by atoms with Gasteiger partial charge in [-0.15, -0.1) is 11.3 Å². The zero-order valence-corrected chi connectivity index (χ0v) is 11.4. The number of thiazole rings is 1. The van der Waals surface area contributed by atoms with Crippen molar-refractivity contribution in [1.29, 1.82) is 0 Å². The minimum absolute atomic E-state index is 0.162. The fourth-order valence-electron chi connectivity index (χ4n) is 1.22. The second kappa shape index (κ2) is 3.45. The van der Waals surface area contributed by atoms with Crippen LogP contribution in [-0.4, -0.2) is 4.98 Å². The Bertz CT molecular complexity index is 468. The third kappa shape index (κ3) is 1.93. The molecule has 1 nitrogen and oxygen atoms in total. The molecule has 0 aliphatic rings. The van der Waals surface area contributed by atoms with Gasteiger partial charge >= 0.3 is 0 Å². The van der Waals surface area contributed by atoms with Crippen molar-refractivity contribution in [3.05, 3.63) is 26.8 Å². The third-order valence-corrected chi connectivity index (χ3v) is 4.12. The van der Waals surface area contributed by atoms with E-state index in [1.807, 2.05) is 0 Å². The molecular weight excluding hydrogens is 305 g/mol. The largest absolute Gasteiger partial charge is 0.241 e. The van der Waals surface area contributed by atoms with Crippen molar-refractivity contribution in [2.24, 2.45) is 0 Å². The molecule has 0 spiro atoms. The third-order valence-electron chi connectivity index (χ3n) is 1.99. The summed E-state index contributed by atoms with van der Waals surface area (Å²) in [6.45, 7) is 6.61. The summed E-state index contributed by atoms with van der Waals surface area (Å²) < 4.78 is 2.54. The molecule has 74 valence electrons. The van der Waals surface area contributed by atoms with E-state index in [-0.39, 0.29) is 5.41 Å². The summed E-state index contributed by atoms with van der Waals surface area (Å²) in [5.74, 6) is 0. The molecule has 1 heterocycles. The van der Waals surface area contributed by atoms with Crippen molar-refractivity contribution in [3.8, 4) is 0 Å². The molecule has 0 fully saturated rings. The molecule has 0 unspecified atom stereocenters. The SMILES string of the molecule is CC(C)(C)c1nc2cc(I)ccc2s1. The molecule has 14 heavy (non-hydrogen) atoms. The molecule has 0 radical (unpaired) electrons. The summed E-state index contributed by atoms with van der Waals surface area (Å²) in [7, 11) is 0. The summed E-state index contributed by atoms with van der Waals surface area (Å²) >= 11 is 4.12. The Hall–Kier alpha value is -0.160. The van der Waals surface area contributed by atoms with E-state index in [0.29, 0.717) is 0 Å². The Morgan fingerprint density at radius 3 is 2.64 bits per heavy atom. The van der Waals surface area contributed by atoms with Crippen molar-refractivity contribution < 1.29 is 0 Å². The Labute approximate surface area is 102 Å². The van der Waals surface area contributed by atoms with E-state index in [2.05, 4.69) is 66.5 Å². The molecule has 3 heteroatoms. The summed E-state index contributed by atoms with van der Waals surface area (Å²) in [6.07, 6.45) is 0. The van der Waals surface area contributed by atoms with Crippen LogP contribution in [-0.2, 0) is 5.41 Å². The van der Waals surface area contributed by atoms with Gasteiger partial charge in [0.05, 0.1) is 15.2 Å². The van der Waals surface area contributed by atoms with Gasteiger partial charge in [0.25, 0.3) is 0 Å². The zero-order chi connectivity index (χ0) is 10.3. The second-order valence-electron chi connectivity index (χ2n) is 4.38. The first-order chi connectivity index (χ1) is 6.47. The first kappa shape index (κ1) is 10.4. The van der Waals surface area contributed by atoms with Crippen LogP contribution in [0.5, 0.6) is 0 Å². The summed E-state index contributed by atoms with van der Waals surface area (Å²) in [6, 6.07) is 6.43. The van der Waals surface area contributed by atoms with Crippen LogP contribution < -0.4 is 0 Å².